The molecule has 0 aliphatic rings. The lowest BCUT2D eigenvalue weighted by Gasteiger charge is -2.13. The van der Waals surface area contributed by atoms with Crippen LogP contribution in [0.4, 0.5) is 10.1 Å². The van der Waals surface area contributed by atoms with Crippen LogP contribution in [0.2, 0.25) is 0 Å². The number of nitrogens with zero attached hydrogens (tertiary/aromatic N) is 1. The number of nitrogens with one attached hydrogen (secondary N) is 1. The molecule has 3 aromatic rings. The Kier molecular flexibility index (Phi) is 7.60. The highest BCUT2D eigenvalue weighted by atomic mass is 19.1. The second-order valence-electron chi connectivity index (χ2n) is 6.47. The van der Waals surface area contributed by atoms with Gasteiger partial charge in [0.05, 0.1) is 13.7 Å². The molecule has 6 nitrogen and oxygen atoms in total. The minimum atomic E-state index is -0.355. The van der Waals surface area contributed by atoms with Gasteiger partial charge >= 0.3 is 0 Å². The van der Waals surface area contributed by atoms with Crippen molar-refractivity contribution in [2.24, 2.45) is 0 Å². The van der Waals surface area contributed by atoms with Crippen molar-refractivity contribution in [3.8, 4) is 17.2 Å². The first-order valence-corrected chi connectivity index (χ1v) is 9.52. The summed E-state index contributed by atoms with van der Waals surface area (Å²) in [5.74, 6) is 1.03. The topological polar surface area (TPSA) is 69.7 Å². The summed E-state index contributed by atoms with van der Waals surface area (Å²) in [5, 5.41) is 2.84. The lowest BCUT2D eigenvalue weighted by atomic mass is 10.2. The van der Waals surface area contributed by atoms with Crippen LogP contribution in [0.5, 0.6) is 17.2 Å². The normalized spacial score (nSPS) is 10.3. The Bertz CT molecular complexity index is 966. The van der Waals surface area contributed by atoms with Gasteiger partial charge in [0.15, 0.2) is 11.5 Å². The maximum atomic E-state index is 13.1. The smallest absolute Gasteiger partial charge is 0.224 e. The first-order chi connectivity index (χ1) is 14.6. The van der Waals surface area contributed by atoms with Crippen LogP contribution in [0.1, 0.15) is 18.4 Å². The minimum Gasteiger partial charge on any atom is -0.493 e. The van der Waals surface area contributed by atoms with Gasteiger partial charge < -0.3 is 19.5 Å². The molecule has 0 atom stereocenters. The second-order valence-corrected chi connectivity index (χ2v) is 6.47. The van der Waals surface area contributed by atoms with E-state index in [1.54, 1.807) is 49.8 Å². The van der Waals surface area contributed by atoms with Crippen molar-refractivity contribution in [3.05, 3.63) is 78.4 Å². The Hall–Kier alpha value is -3.61. The largest absolute Gasteiger partial charge is 0.493 e. The first kappa shape index (κ1) is 21.1. The fourth-order valence-corrected chi connectivity index (χ4v) is 2.71. The Morgan fingerprint density at radius 1 is 1.07 bits per heavy atom. The summed E-state index contributed by atoms with van der Waals surface area (Å²) < 4.78 is 29.7. The Labute approximate surface area is 174 Å². The van der Waals surface area contributed by atoms with E-state index >= 15 is 0 Å². The van der Waals surface area contributed by atoms with Crippen LogP contribution < -0.4 is 19.5 Å². The molecule has 156 valence electrons. The molecule has 1 amide bonds. The molecule has 0 spiro atoms. The van der Waals surface area contributed by atoms with E-state index in [2.05, 4.69) is 10.3 Å². The number of hydrogen-bond acceptors (Lipinski definition) is 5. The molecular formula is C23H23FN2O4. The molecule has 7 heteroatoms. The monoisotopic (exact) mass is 410 g/mol. The zero-order chi connectivity index (χ0) is 21.2. The Balaban J connectivity index is 1.49. The molecule has 1 heterocycles. The van der Waals surface area contributed by atoms with Gasteiger partial charge in [-0.05, 0) is 36.8 Å². The number of rotatable bonds is 10. The average Bonchev–Trinajstić information content (AvgIpc) is 2.76. The maximum absolute atomic E-state index is 13.1. The van der Waals surface area contributed by atoms with Gasteiger partial charge in [0.2, 0.25) is 5.91 Å². The quantitative estimate of drug-likeness (QED) is 0.495. The highest BCUT2D eigenvalue weighted by Gasteiger charge is 2.09. The van der Waals surface area contributed by atoms with Crippen molar-refractivity contribution >= 4 is 11.6 Å². The van der Waals surface area contributed by atoms with Crippen molar-refractivity contribution in [2.45, 2.75) is 19.4 Å². The van der Waals surface area contributed by atoms with Gasteiger partial charge in [-0.25, -0.2) is 4.39 Å². The highest BCUT2D eigenvalue weighted by Crippen LogP contribution is 2.31. The van der Waals surface area contributed by atoms with Gasteiger partial charge in [0.25, 0.3) is 0 Å². The van der Waals surface area contributed by atoms with E-state index in [1.807, 2.05) is 12.1 Å². The summed E-state index contributed by atoms with van der Waals surface area (Å²) in [4.78, 5) is 16.3. The lowest BCUT2D eigenvalue weighted by Crippen LogP contribution is -2.13. The molecule has 2 aromatic carbocycles. The molecule has 0 bridgehead atoms. The average molecular weight is 410 g/mol. The molecular weight excluding hydrogens is 387 g/mol. The van der Waals surface area contributed by atoms with Crippen LogP contribution in [0.3, 0.4) is 0 Å². The number of benzene rings is 2. The van der Waals surface area contributed by atoms with Crippen molar-refractivity contribution in [1.82, 2.24) is 4.98 Å². The van der Waals surface area contributed by atoms with E-state index in [0.29, 0.717) is 42.6 Å². The third-order valence-corrected chi connectivity index (χ3v) is 4.18. The fourth-order valence-electron chi connectivity index (χ4n) is 2.71. The molecule has 0 saturated carbocycles. The summed E-state index contributed by atoms with van der Waals surface area (Å²) in [6.07, 6.45) is 4.20. The zero-order valence-electron chi connectivity index (χ0n) is 16.6. The Morgan fingerprint density at radius 2 is 1.97 bits per heavy atom. The van der Waals surface area contributed by atoms with E-state index in [4.69, 9.17) is 14.2 Å². The molecule has 0 radical (unpaired) electrons. The molecule has 0 unspecified atom stereocenters. The van der Waals surface area contributed by atoms with Crippen molar-refractivity contribution < 1.29 is 23.4 Å². The minimum absolute atomic E-state index is 0.152. The van der Waals surface area contributed by atoms with Crippen LogP contribution in [0, 0.1) is 5.82 Å². The second kappa shape index (κ2) is 10.8. The molecule has 30 heavy (non-hydrogen) atoms. The molecule has 0 fully saturated rings. The lowest BCUT2D eigenvalue weighted by molar-refractivity contribution is -0.116. The van der Waals surface area contributed by atoms with E-state index in [1.165, 1.54) is 12.1 Å². The summed E-state index contributed by atoms with van der Waals surface area (Å²) in [6, 6.07) is 14.9. The number of aromatic nitrogens is 1. The standard InChI is InChI=1S/C23H23FN2O4/c1-28-21-10-9-19(14-22(21)30-16-17-5-3-11-25-15-17)26-23(27)8-4-12-29-20-7-2-6-18(24)13-20/h2-3,5-7,9-11,13-15H,4,8,12,16H2,1H3,(H,26,27). The number of halogens is 1. The number of carbonyl (C=O) groups is 1. The number of hydrogen-bond donors (Lipinski definition) is 1. The number of pyridine rings is 1. The van der Waals surface area contributed by atoms with Crippen LogP contribution in [0.15, 0.2) is 67.0 Å². The summed E-state index contributed by atoms with van der Waals surface area (Å²) in [7, 11) is 1.56. The van der Waals surface area contributed by atoms with Gasteiger partial charge in [-0.1, -0.05) is 12.1 Å². The van der Waals surface area contributed by atoms with Crippen LogP contribution in [-0.2, 0) is 11.4 Å². The predicted octanol–water partition coefficient (Wildman–Crippen LogP) is 4.61. The van der Waals surface area contributed by atoms with Gasteiger partial charge in [-0.2, -0.15) is 0 Å². The fraction of sp³-hybridized carbons (Fsp3) is 0.217. The molecule has 0 saturated heterocycles. The van der Waals surface area contributed by atoms with Crippen LogP contribution in [-0.4, -0.2) is 24.6 Å². The number of amides is 1. The van der Waals surface area contributed by atoms with Crippen LogP contribution >= 0.6 is 0 Å². The van der Waals surface area contributed by atoms with Crippen molar-refractivity contribution in [2.75, 3.05) is 19.0 Å². The first-order valence-electron chi connectivity index (χ1n) is 9.52. The van der Waals surface area contributed by atoms with E-state index in [9.17, 15) is 9.18 Å². The van der Waals surface area contributed by atoms with Crippen LogP contribution in [0.25, 0.3) is 0 Å². The third kappa shape index (κ3) is 6.48. The van der Waals surface area contributed by atoms with Gasteiger partial charge in [0, 0.05) is 42.2 Å². The molecule has 3 rings (SSSR count). The van der Waals surface area contributed by atoms with Gasteiger partial charge in [-0.3, -0.25) is 9.78 Å². The predicted molar refractivity (Wildman–Crippen MR) is 111 cm³/mol. The molecule has 1 N–H and O–H groups in total. The zero-order valence-corrected chi connectivity index (χ0v) is 16.6. The summed E-state index contributed by atoms with van der Waals surface area (Å²) in [6.45, 7) is 0.651. The maximum Gasteiger partial charge on any atom is 0.224 e. The van der Waals surface area contributed by atoms with Crippen molar-refractivity contribution in [1.29, 1.82) is 0 Å². The van der Waals surface area contributed by atoms with Gasteiger partial charge in [-0.15, -0.1) is 0 Å². The highest BCUT2D eigenvalue weighted by molar-refractivity contribution is 5.91. The third-order valence-electron chi connectivity index (χ3n) is 4.18. The summed E-state index contributed by atoms with van der Waals surface area (Å²) >= 11 is 0. The van der Waals surface area contributed by atoms with E-state index in [-0.39, 0.29) is 18.1 Å². The van der Waals surface area contributed by atoms with E-state index in [0.717, 1.165) is 5.56 Å². The molecule has 0 aliphatic heterocycles. The number of ether oxygens (including phenoxy) is 3. The van der Waals surface area contributed by atoms with Gasteiger partial charge in [0.1, 0.15) is 18.2 Å². The molecule has 0 aliphatic carbocycles. The molecule has 1 aromatic heterocycles. The summed E-state index contributed by atoms with van der Waals surface area (Å²) in [5.41, 5.74) is 1.53. The number of carbonyl (C=O) groups excluding carboxylic acids is 1. The number of anilines is 1. The SMILES string of the molecule is COc1ccc(NC(=O)CCCOc2cccc(F)c2)cc1OCc1cccnc1. The Morgan fingerprint density at radius 3 is 2.73 bits per heavy atom. The van der Waals surface area contributed by atoms with E-state index < -0.39 is 0 Å². The number of methoxy groups -OCH3 is 1. The van der Waals surface area contributed by atoms with Crippen molar-refractivity contribution in [3.63, 3.8) is 0 Å².